The summed E-state index contributed by atoms with van der Waals surface area (Å²) in [5.74, 6) is 0.860. The second-order valence-corrected chi connectivity index (χ2v) is 6.89. The van der Waals surface area contributed by atoms with Crippen molar-refractivity contribution >= 4 is 28.3 Å². The summed E-state index contributed by atoms with van der Waals surface area (Å²) in [4.78, 5) is 21.5. The Morgan fingerprint density at radius 2 is 1.75 bits per heavy atom. The predicted molar refractivity (Wildman–Crippen MR) is 112 cm³/mol. The number of fused-ring (bicyclic) bond motifs is 1. The lowest BCUT2D eigenvalue weighted by molar-refractivity contribution is 0.208. The van der Waals surface area contributed by atoms with Gasteiger partial charge >= 0.3 is 6.03 Å². The second-order valence-electron chi connectivity index (χ2n) is 6.89. The number of aryl methyl sites for hydroxylation is 1. The number of hydrogen-bond acceptors (Lipinski definition) is 4. The fourth-order valence-corrected chi connectivity index (χ4v) is 3.57. The van der Waals surface area contributed by atoms with E-state index in [1.165, 1.54) is 0 Å². The van der Waals surface area contributed by atoms with E-state index in [-0.39, 0.29) is 6.03 Å². The van der Waals surface area contributed by atoms with Crippen molar-refractivity contribution in [2.75, 3.05) is 43.5 Å². The molecule has 1 fully saturated rings. The highest BCUT2D eigenvalue weighted by molar-refractivity contribution is 5.93. The van der Waals surface area contributed by atoms with Crippen LogP contribution in [0.1, 0.15) is 5.69 Å². The van der Waals surface area contributed by atoms with Crippen LogP contribution in [0.4, 0.5) is 16.2 Å². The Morgan fingerprint density at radius 1 is 1.04 bits per heavy atom. The third kappa shape index (κ3) is 3.58. The average Bonchev–Trinajstić information content (AvgIpc) is 2.74. The number of pyridine rings is 1. The van der Waals surface area contributed by atoms with Gasteiger partial charge in [0.05, 0.1) is 29.7 Å². The third-order valence-electron chi connectivity index (χ3n) is 5.15. The molecule has 1 saturated heterocycles. The summed E-state index contributed by atoms with van der Waals surface area (Å²) in [6, 6.07) is 17.8. The maximum atomic E-state index is 12.8. The van der Waals surface area contributed by atoms with Crippen molar-refractivity contribution in [1.82, 2.24) is 9.88 Å². The van der Waals surface area contributed by atoms with E-state index >= 15 is 0 Å². The Bertz CT molecular complexity index is 997. The molecule has 0 saturated carbocycles. The van der Waals surface area contributed by atoms with Gasteiger partial charge in [0.25, 0.3) is 0 Å². The molecule has 0 unspecified atom stereocenters. The minimum absolute atomic E-state index is 0.0835. The quantitative estimate of drug-likeness (QED) is 0.753. The van der Waals surface area contributed by atoms with Crippen molar-refractivity contribution in [3.05, 3.63) is 60.3 Å². The van der Waals surface area contributed by atoms with E-state index in [0.717, 1.165) is 46.8 Å². The van der Waals surface area contributed by atoms with Crippen LogP contribution in [-0.2, 0) is 0 Å². The number of aromatic nitrogens is 1. The Balaban J connectivity index is 1.42. The van der Waals surface area contributed by atoms with Crippen LogP contribution >= 0.6 is 0 Å². The number of anilines is 2. The molecule has 28 heavy (non-hydrogen) atoms. The first-order chi connectivity index (χ1) is 13.7. The van der Waals surface area contributed by atoms with Crippen LogP contribution < -0.4 is 15.0 Å². The van der Waals surface area contributed by atoms with Crippen molar-refractivity contribution in [3.8, 4) is 5.75 Å². The largest absolute Gasteiger partial charge is 0.495 e. The molecule has 6 nitrogen and oxygen atoms in total. The van der Waals surface area contributed by atoms with Gasteiger partial charge in [-0.05, 0) is 31.2 Å². The first-order valence-electron chi connectivity index (χ1n) is 9.46. The molecule has 4 rings (SSSR count). The summed E-state index contributed by atoms with van der Waals surface area (Å²) >= 11 is 0. The molecule has 0 aliphatic carbocycles. The first kappa shape index (κ1) is 18.1. The number of urea groups is 1. The SMILES string of the molecule is COc1ccccc1N1CCN(C(=O)Nc2cc3ccccc3nc2C)CC1. The van der Waals surface area contributed by atoms with E-state index < -0.39 is 0 Å². The fourth-order valence-electron chi connectivity index (χ4n) is 3.57. The van der Waals surface area contributed by atoms with Gasteiger partial charge in [0.2, 0.25) is 0 Å². The summed E-state index contributed by atoms with van der Waals surface area (Å²) < 4.78 is 5.46. The lowest BCUT2D eigenvalue weighted by Gasteiger charge is -2.36. The highest BCUT2D eigenvalue weighted by Crippen LogP contribution is 2.28. The van der Waals surface area contributed by atoms with Crippen LogP contribution in [-0.4, -0.2) is 49.2 Å². The van der Waals surface area contributed by atoms with Crippen LogP contribution in [0.15, 0.2) is 54.6 Å². The molecule has 1 aromatic heterocycles. The normalized spacial score (nSPS) is 14.2. The molecule has 0 radical (unpaired) electrons. The summed E-state index contributed by atoms with van der Waals surface area (Å²) in [5.41, 5.74) is 3.58. The number of para-hydroxylation sites is 3. The monoisotopic (exact) mass is 376 g/mol. The van der Waals surface area contributed by atoms with E-state index in [1.807, 2.05) is 60.4 Å². The van der Waals surface area contributed by atoms with E-state index in [1.54, 1.807) is 7.11 Å². The molecule has 2 aromatic carbocycles. The number of piperazine rings is 1. The third-order valence-corrected chi connectivity index (χ3v) is 5.15. The van der Waals surface area contributed by atoms with E-state index in [2.05, 4.69) is 21.3 Å². The Labute approximate surface area is 164 Å². The lowest BCUT2D eigenvalue weighted by Crippen LogP contribution is -2.50. The summed E-state index contributed by atoms with van der Waals surface area (Å²) in [7, 11) is 1.68. The van der Waals surface area contributed by atoms with Crippen LogP contribution in [0.3, 0.4) is 0 Å². The number of nitrogens with zero attached hydrogens (tertiary/aromatic N) is 3. The Morgan fingerprint density at radius 3 is 2.54 bits per heavy atom. The second kappa shape index (κ2) is 7.76. The van der Waals surface area contributed by atoms with E-state index in [9.17, 15) is 4.79 Å². The zero-order chi connectivity index (χ0) is 19.5. The Kier molecular flexibility index (Phi) is 5.02. The molecule has 1 aliphatic rings. The highest BCUT2D eigenvalue weighted by Gasteiger charge is 2.23. The number of rotatable bonds is 3. The molecule has 0 atom stereocenters. The zero-order valence-electron chi connectivity index (χ0n) is 16.2. The van der Waals surface area contributed by atoms with Gasteiger partial charge in [-0.2, -0.15) is 0 Å². The predicted octanol–water partition coefficient (Wildman–Crippen LogP) is 3.91. The molecular weight excluding hydrogens is 352 g/mol. The van der Waals surface area contributed by atoms with E-state index in [4.69, 9.17) is 4.74 Å². The number of amides is 2. The zero-order valence-corrected chi connectivity index (χ0v) is 16.2. The molecule has 6 heteroatoms. The van der Waals surface area contributed by atoms with Crippen LogP contribution in [0.5, 0.6) is 5.75 Å². The fraction of sp³-hybridized carbons (Fsp3) is 0.273. The van der Waals surface area contributed by atoms with Crippen LogP contribution in [0, 0.1) is 6.92 Å². The minimum Gasteiger partial charge on any atom is -0.495 e. The number of nitrogens with one attached hydrogen (secondary N) is 1. The number of methoxy groups -OCH3 is 1. The lowest BCUT2D eigenvalue weighted by atomic mass is 10.2. The van der Waals surface area contributed by atoms with Crippen molar-refractivity contribution < 1.29 is 9.53 Å². The van der Waals surface area contributed by atoms with Crippen LogP contribution in [0.2, 0.25) is 0 Å². The smallest absolute Gasteiger partial charge is 0.322 e. The summed E-state index contributed by atoms with van der Waals surface area (Å²) in [6.45, 7) is 4.76. The number of carbonyl (C=O) groups is 1. The first-order valence-corrected chi connectivity index (χ1v) is 9.46. The maximum absolute atomic E-state index is 12.8. The van der Waals surface area contributed by atoms with E-state index in [0.29, 0.717) is 13.1 Å². The van der Waals surface area contributed by atoms with Gasteiger partial charge in [-0.25, -0.2) is 4.79 Å². The molecule has 0 bridgehead atoms. The molecular formula is C22H24N4O2. The number of carbonyl (C=O) groups excluding carboxylic acids is 1. The van der Waals surface area contributed by atoms with Gasteiger partial charge < -0.3 is 19.9 Å². The van der Waals surface area contributed by atoms with Gasteiger partial charge in [-0.1, -0.05) is 30.3 Å². The molecule has 144 valence electrons. The van der Waals surface area contributed by atoms with Gasteiger partial charge in [0.1, 0.15) is 5.75 Å². The van der Waals surface area contributed by atoms with Gasteiger partial charge in [-0.15, -0.1) is 0 Å². The van der Waals surface area contributed by atoms with Crippen molar-refractivity contribution in [2.24, 2.45) is 0 Å². The molecule has 1 N–H and O–H groups in total. The molecule has 3 aromatic rings. The number of benzene rings is 2. The average molecular weight is 376 g/mol. The molecule has 1 aliphatic heterocycles. The standard InChI is InChI=1S/C22H24N4O2/c1-16-19(15-17-7-3-4-8-18(17)23-16)24-22(27)26-13-11-25(12-14-26)20-9-5-6-10-21(20)28-2/h3-10,15H,11-14H2,1-2H3,(H,24,27). The van der Waals surface area contributed by atoms with Gasteiger partial charge in [0, 0.05) is 31.6 Å². The molecule has 0 spiro atoms. The molecule has 2 amide bonds. The topological polar surface area (TPSA) is 57.7 Å². The molecule has 2 heterocycles. The number of ether oxygens (including phenoxy) is 1. The van der Waals surface area contributed by atoms with Crippen LogP contribution in [0.25, 0.3) is 10.9 Å². The summed E-state index contributed by atoms with van der Waals surface area (Å²) in [5, 5.41) is 4.05. The van der Waals surface area contributed by atoms with Gasteiger partial charge in [0.15, 0.2) is 0 Å². The summed E-state index contributed by atoms with van der Waals surface area (Å²) in [6.07, 6.45) is 0. The maximum Gasteiger partial charge on any atom is 0.322 e. The van der Waals surface area contributed by atoms with Crippen molar-refractivity contribution in [3.63, 3.8) is 0 Å². The highest BCUT2D eigenvalue weighted by atomic mass is 16.5. The number of hydrogen-bond donors (Lipinski definition) is 1. The van der Waals surface area contributed by atoms with Crippen molar-refractivity contribution in [2.45, 2.75) is 6.92 Å². The van der Waals surface area contributed by atoms with Gasteiger partial charge in [-0.3, -0.25) is 4.98 Å². The van der Waals surface area contributed by atoms with Crippen molar-refractivity contribution in [1.29, 1.82) is 0 Å². The Hall–Kier alpha value is -3.28. The minimum atomic E-state index is -0.0835.